The number of likely N-dealkylation sites (tertiary alicyclic amines) is 1. The zero-order valence-electron chi connectivity index (χ0n) is 14.7. The second-order valence-corrected chi connectivity index (χ2v) is 7.62. The minimum atomic E-state index is 0.0429. The van der Waals surface area contributed by atoms with E-state index < -0.39 is 0 Å². The molecule has 3 heterocycles. The van der Waals surface area contributed by atoms with Crippen LogP contribution in [0.4, 0.5) is 0 Å². The third kappa shape index (κ3) is 4.90. The zero-order chi connectivity index (χ0) is 17.6. The molecule has 1 aliphatic rings. The summed E-state index contributed by atoms with van der Waals surface area (Å²) in [7, 11) is 0. The summed E-state index contributed by atoms with van der Waals surface area (Å²) in [6, 6.07) is 4.31. The third-order valence-electron chi connectivity index (χ3n) is 4.52. The highest BCUT2D eigenvalue weighted by molar-refractivity contribution is 7.14. The summed E-state index contributed by atoms with van der Waals surface area (Å²) in [6.07, 6.45) is 5.87. The van der Waals surface area contributed by atoms with Crippen molar-refractivity contribution in [3.63, 3.8) is 0 Å². The summed E-state index contributed by atoms with van der Waals surface area (Å²) in [5, 5.41) is 3.94. The van der Waals surface area contributed by atoms with E-state index in [0.717, 1.165) is 36.0 Å². The number of aromatic nitrogens is 1. The monoisotopic (exact) mass is 362 g/mol. The maximum absolute atomic E-state index is 11.7. The number of rotatable bonds is 7. The number of furan rings is 1. The molecule has 1 amide bonds. The smallest absolute Gasteiger partial charge is 0.221 e. The number of carbonyl (C=O) groups excluding carboxylic acids is 1. The average molecular weight is 362 g/mol. The summed E-state index contributed by atoms with van der Waals surface area (Å²) in [5.74, 6) is 1.77. The van der Waals surface area contributed by atoms with Crippen LogP contribution in [0.25, 0.3) is 10.8 Å². The number of thiazole rings is 1. The molecular weight excluding hydrogens is 336 g/mol. The van der Waals surface area contributed by atoms with Gasteiger partial charge in [-0.2, -0.15) is 0 Å². The highest BCUT2D eigenvalue weighted by atomic mass is 32.1. The Morgan fingerprint density at radius 3 is 3.12 bits per heavy atom. The van der Waals surface area contributed by atoms with Gasteiger partial charge in [-0.15, -0.1) is 11.3 Å². The molecule has 3 N–H and O–H groups in total. The van der Waals surface area contributed by atoms with E-state index in [1.165, 1.54) is 17.7 Å². The topological polar surface area (TPSA) is 84.4 Å². The molecule has 2 aromatic rings. The Morgan fingerprint density at radius 2 is 2.36 bits per heavy atom. The normalized spacial score (nSPS) is 18.4. The van der Waals surface area contributed by atoms with Gasteiger partial charge in [0.15, 0.2) is 10.8 Å². The second-order valence-electron chi connectivity index (χ2n) is 6.50. The Hall–Kier alpha value is -1.70. The van der Waals surface area contributed by atoms with Crippen molar-refractivity contribution in [2.45, 2.75) is 45.2 Å². The number of nitrogens with zero attached hydrogens (tertiary/aromatic N) is 2. The van der Waals surface area contributed by atoms with Crippen LogP contribution in [0.3, 0.4) is 0 Å². The van der Waals surface area contributed by atoms with Crippen molar-refractivity contribution in [2.75, 3.05) is 19.6 Å². The van der Waals surface area contributed by atoms with Crippen LogP contribution < -0.4 is 11.1 Å². The van der Waals surface area contributed by atoms with Crippen molar-refractivity contribution in [1.29, 1.82) is 0 Å². The molecule has 136 valence electrons. The number of hydrogen-bond donors (Lipinski definition) is 2. The molecule has 1 unspecified atom stereocenters. The van der Waals surface area contributed by atoms with Crippen molar-refractivity contribution in [3.05, 3.63) is 29.0 Å². The first kappa shape index (κ1) is 18.1. The molecule has 1 fully saturated rings. The van der Waals surface area contributed by atoms with Crippen molar-refractivity contribution in [2.24, 2.45) is 5.73 Å². The molecule has 0 saturated carbocycles. The molecule has 0 bridgehead atoms. The Balaban J connectivity index is 1.59. The number of amides is 1. The molecule has 1 atom stereocenters. The van der Waals surface area contributed by atoms with Crippen molar-refractivity contribution in [1.82, 2.24) is 15.2 Å². The third-order valence-corrected chi connectivity index (χ3v) is 5.52. The molecule has 3 rings (SSSR count). The Bertz CT molecular complexity index is 697. The summed E-state index contributed by atoms with van der Waals surface area (Å²) < 4.78 is 5.66. The molecule has 6 nitrogen and oxygen atoms in total. The van der Waals surface area contributed by atoms with Gasteiger partial charge in [0.05, 0.1) is 0 Å². The van der Waals surface area contributed by atoms with Crippen LogP contribution in [0.2, 0.25) is 0 Å². The predicted octanol–water partition coefficient (Wildman–Crippen LogP) is 2.53. The highest BCUT2D eigenvalue weighted by Crippen LogP contribution is 2.29. The summed E-state index contributed by atoms with van der Waals surface area (Å²) in [4.78, 5) is 19.9. The minimum absolute atomic E-state index is 0.0429. The van der Waals surface area contributed by atoms with E-state index in [9.17, 15) is 4.79 Å². The largest absolute Gasteiger partial charge is 0.459 e. The lowest BCUT2D eigenvalue weighted by Gasteiger charge is -2.35. The lowest BCUT2D eigenvalue weighted by atomic mass is 10.0. The fourth-order valence-electron chi connectivity index (χ4n) is 3.19. The molecule has 0 aliphatic carbocycles. The van der Waals surface area contributed by atoms with Gasteiger partial charge in [0.25, 0.3) is 0 Å². The fraction of sp³-hybridized carbons (Fsp3) is 0.556. The van der Waals surface area contributed by atoms with Gasteiger partial charge in [0.2, 0.25) is 5.91 Å². The van der Waals surface area contributed by atoms with Gasteiger partial charge in [-0.05, 0) is 38.4 Å². The first-order chi connectivity index (χ1) is 12.2. The van der Waals surface area contributed by atoms with Crippen LogP contribution in [0.15, 0.2) is 22.7 Å². The Kier molecular flexibility index (Phi) is 6.23. The van der Waals surface area contributed by atoms with Crippen LogP contribution in [-0.4, -0.2) is 41.5 Å². The van der Waals surface area contributed by atoms with Crippen LogP contribution in [-0.2, 0) is 11.3 Å². The molecule has 0 spiro atoms. The van der Waals surface area contributed by atoms with E-state index in [-0.39, 0.29) is 5.91 Å². The molecule has 2 aromatic heterocycles. The minimum Gasteiger partial charge on any atom is -0.459 e. The predicted molar refractivity (Wildman–Crippen MR) is 99.3 cm³/mol. The van der Waals surface area contributed by atoms with Gasteiger partial charge in [0.1, 0.15) is 5.76 Å². The van der Waals surface area contributed by atoms with Gasteiger partial charge in [-0.3, -0.25) is 9.69 Å². The van der Waals surface area contributed by atoms with Crippen LogP contribution in [0, 0.1) is 6.92 Å². The molecule has 0 radical (unpaired) electrons. The van der Waals surface area contributed by atoms with Gasteiger partial charge < -0.3 is 15.5 Å². The van der Waals surface area contributed by atoms with Crippen LogP contribution in [0.5, 0.6) is 0 Å². The lowest BCUT2D eigenvalue weighted by Crippen LogP contribution is -2.46. The first-order valence-corrected chi connectivity index (χ1v) is 9.69. The number of nitrogens with one attached hydrogen (secondary N) is 1. The molecule has 1 saturated heterocycles. The van der Waals surface area contributed by atoms with E-state index in [0.29, 0.717) is 25.6 Å². The van der Waals surface area contributed by atoms with E-state index in [1.54, 1.807) is 11.3 Å². The van der Waals surface area contributed by atoms with E-state index in [2.05, 4.69) is 15.2 Å². The van der Waals surface area contributed by atoms with Gasteiger partial charge in [-0.1, -0.05) is 6.42 Å². The number of nitrogens with two attached hydrogens (primary N) is 1. The van der Waals surface area contributed by atoms with Crippen molar-refractivity contribution in [3.8, 4) is 10.8 Å². The molecular formula is C18H26N4O2S. The highest BCUT2D eigenvalue weighted by Gasteiger charge is 2.23. The number of carbonyl (C=O) groups is 1. The second kappa shape index (κ2) is 8.60. The Morgan fingerprint density at radius 1 is 1.48 bits per heavy atom. The van der Waals surface area contributed by atoms with Gasteiger partial charge >= 0.3 is 0 Å². The lowest BCUT2D eigenvalue weighted by molar-refractivity contribution is -0.121. The fourth-order valence-corrected chi connectivity index (χ4v) is 4.09. The van der Waals surface area contributed by atoms with E-state index in [1.807, 2.05) is 25.3 Å². The maximum Gasteiger partial charge on any atom is 0.221 e. The zero-order valence-corrected chi connectivity index (χ0v) is 15.5. The Labute approximate surface area is 152 Å². The van der Waals surface area contributed by atoms with E-state index >= 15 is 0 Å². The first-order valence-electron chi connectivity index (χ1n) is 8.88. The quantitative estimate of drug-likeness (QED) is 0.791. The summed E-state index contributed by atoms with van der Waals surface area (Å²) in [6.45, 7) is 4.96. The molecule has 0 aromatic carbocycles. The standard InChI is InChI=1S/C18H26N4O2S/c1-13-5-6-16(24-13)18-21-11-15(25-18)12-22-9-3-2-4-14(22)10-20-17(23)7-8-19/h5-6,11,14H,2-4,7-10,12,19H2,1H3,(H,20,23). The average Bonchev–Trinajstić information content (AvgIpc) is 3.23. The van der Waals surface area contributed by atoms with Crippen molar-refractivity contribution < 1.29 is 9.21 Å². The maximum atomic E-state index is 11.7. The van der Waals surface area contributed by atoms with E-state index in [4.69, 9.17) is 10.2 Å². The number of piperidine rings is 1. The molecule has 25 heavy (non-hydrogen) atoms. The molecule has 1 aliphatic heterocycles. The summed E-state index contributed by atoms with van der Waals surface area (Å²) in [5.41, 5.74) is 5.43. The SMILES string of the molecule is Cc1ccc(-c2ncc(CN3CCCCC3CNC(=O)CCN)s2)o1. The molecule has 7 heteroatoms. The number of aryl methyl sites for hydroxylation is 1. The van der Waals surface area contributed by atoms with Crippen LogP contribution >= 0.6 is 11.3 Å². The van der Waals surface area contributed by atoms with Crippen LogP contribution in [0.1, 0.15) is 36.3 Å². The van der Waals surface area contributed by atoms with Crippen molar-refractivity contribution >= 4 is 17.2 Å². The van der Waals surface area contributed by atoms with Gasteiger partial charge in [0, 0.05) is 43.2 Å². The van der Waals surface area contributed by atoms with Gasteiger partial charge in [-0.25, -0.2) is 4.98 Å². The summed E-state index contributed by atoms with van der Waals surface area (Å²) >= 11 is 1.68. The number of hydrogen-bond acceptors (Lipinski definition) is 6.